The molecular formula is C12H13BrO4. The van der Waals surface area contributed by atoms with Crippen molar-refractivity contribution in [3.63, 3.8) is 0 Å². The van der Waals surface area contributed by atoms with Crippen molar-refractivity contribution in [2.24, 2.45) is 0 Å². The zero-order valence-corrected chi connectivity index (χ0v) is 11.4. The van der Waals surface area contributed by atoms with Crippen LogP contribution in [0.4, 0.5) is 0 Å². The second-order valence-corrected chi connectivity index (χ2v) is 4.22. The van der Waals surface area contributed by atoms with Gasteiger partial charge < -0.3 is 14.6 Å². The lowest BCUT2D eigenvalue weighted by atomic mass is 10.1. The van der Waals surface area contributed by atoms with E-state index in [0.717, 1.165) is 10.0 Å². The molecule has 0 aliphatic carbocycles. The van der Waals surface area contributed by atoms with Crippen LogP contribution in [0.2, 0.25) is 0 Å². The highest BCUT2D eigenvalue weighted by Crippen LogP contribution is 2.34. The number of halogens is 1. The van der Waals surface area contributed by atoms with E-state index in [1.165, 1.54) is 14.0 Å². The van der Waals surface area contributed by atoms with Crippen LogP contribution in [0.1, 0.15) is 12.5 Å². The van der Waals surface area contributed by atoms with Crippen molar-refractivity contribution in [3.8, 4) is 11.5 Å². The van der Waals surface area contributed by atoms with Crippen LogP contribution in [0.5, 0.6) is 11.5 Å². The average Bonchev–Trinajstić information content (AvgIpc) is 2.30. The van der Waals surface area contributed by atoms with Gasteiger partial charge in [-0.05, 0) is 30.7 Å². The van der Waals surface area contributed by atoms with Gasteiger partial charge in [0, 0.05) is 10.0 Å². The Morgan fingerprint density at radius 3 is 2.29 bits per heavy atom. The van der Waals surface area contributed by atoms with Crippen LogP contribution in [-0.2, 0) is 4.79 Å². The summed E-state index contributed by atoms with van der Waals surface area (Å²) in [6.45, 7) is 1.53. The largest absolute Gasteiger partial charge is 0.493 e. The molecule has 0 fully saturated rings. The molecule has 1 rings (SSSR count). The number of carboxylic acid groups (broad SMARTS) is 1. The van der Waals surface area contributed by atoms with Crippen LogP contribution < -0.4 is 9.47 Å². The molecule has 0 amide bonds. The first-order valence-corrected chi connectivity index (χ1v) is 5.62. The van der Waals surface area contributed by atoms with Gasteiger partial charge in [0.15, 0.2) is 11.5 Å². The van der Waals surface area contributed by atoms with Crippen LogP contribution in [0, 0.1) is 0 Å². The summed E-state index contributed by atoms with van der Waals surface area (Å²) in [7, 11) is 3.08. The minimum Gasteiger partial charge on any atom is -0.493 e. The summed E-state index contributed by atoms with van der Waals surface area (Å²) in [4.78, 5) is 10.8. The maximum atomic E-state index is 10.8. The number of rotatable bonds is 4. The van der Waals surface area contributed by atoms with Gasteiger partial charge in [-0.15, -0.1) is 0 Å². The van der Waals surface area contributed by atoms with E-state index in [1.807, 2.05) is 0 Å². The van der Waals surface area contributed by atoms with E-state index >= 15 is 0 Å². The monoisotopic (exact) mass is 300 g/mol. The molecule has 1 aromatic rings. The third-order valence-electron chi connectivity index (χ3n) is 2.21. The molecule has 0 aliphatic heterocycles. The van der Waals surface area contributed by atoms with E-state index < -0.39 is 5.97 Å². The highest BCUT2D eigenvalue weighted by molar-refractivity contribution is 9.10. The number of hydrogen-bond acceptors (Lipinski definition) is 3. The van der Waals surface area contributed by atoms with Gasteiger partial charge >= 0.3 is 5.97 Å². The van der Waals surface area contributed by atoms with E-state index in [9.17, 15) is 4.79 Å². The third kappa shape index (κ3) is 3.23. The first-order chi connectivity index (χ1) is 7.99. The normalized spacial score (nSPS) is 11.2. The number of hydrogen-bond donors (Lipinski definition) is 1. The lowest BCUT2D eigenvalue weighted by Gasteiger charge is -2.10. The van der Waals surface area contributed by atoms with E-state index in [1.54, 1.807) is 25.3 Å². The van der Waals surface area contributed by atoms with Crippen LogP contribution in [-0.4, -0.2) is 25.3 Å². The van der Waals surface area contributed by atoms with Crippen molar-refractivity contribution >= 4 is 28.0 Å². The molecule has 0 unspecified atom stereocenters. The Balaban J connectivity index is 3.26. The number of aliphatic carboxylic acids is 1. The number of benzene rings is 1. The van der Waals surface area contributed by atoms with Crippen molar-refractivity contribution in [1.82, 2.24) is 0 Å². The molecular weight excluding hydrogens is 288 g/mol. The Bertz CT molecular complexity index is 466. The highest BCUT2D eigenvalue weighted by atomic mass is 79.9. The summed E-state index contributed by atoms with van der Waals surface area (Å²) in [5.41, 5.74) is 0.973. The van der Waals surface area contributed by atoms with E-state index in [4.69, 9.17) is 14.6 Å². The van der Waals surface area contributed by atoms with Crippen LogP contribution >= 0.6 is 15.9 Å². The number of ether oxygens (including phenoxy) is 2. The highest BCUT2D eigenvalue weighted by Gasteiger charge is 2.09. The third-order valence-corrected chi connectivity index (χ3v) is 2.90. The Morgan fingerprint density at radius 2 is 1.82 bits per heavy atom. The lowest BCUT2D eigenvalue weighted by molar-refractivity contribution is -0.132. The minimum atomic E-state index is -0.952. The van der Waals surface area contributed by atoms with Crippen LogP contribution in [0.3, 0.4) is 0 Å². The van der Waals surface area contributed by atoms with E-state index in [0.29, 0.717) is 11.5 Å². The fourth-order valence-corrected chi connectivity index (χ4v) is 1.71. The Kier molecular flexibility index (Phi) is 4.57. The zero-order chi connectivity index (χ0) is 13.0. The van der Waals surface area contributed by atoms with Gasteiger partial charge in [-0.1, -0.05) is 15.9 Å². The predicted octanol–water partition coefficient (Wildman–Crippen LogP) is 2.95. The van der Waals surface area contributed by atoms with Crippen molar-refractivity contribution in [1.29, 1.82) is 0 Å². The first kappa shape index (κ1) is 13.6. The van der Waals surface area contributed by atoms with Gasteiger partial charge in [0.2, 0.25) is 0 Å². The molecule has 92 valence electrons. The quantitative estimate of drug-likeness (QED) is 0.869. The number of carboxylic acids is 1. The predicted molar refractivity (Wildman–Crippen MR) is 68.5 cm³/mol. The Morgan fingerprint density at radius 1 is 1.29 bits per heavy atom. The van der Waals surface area contributed by atoms with Gasteiger partial charge in [0.1, 0.15) is 0 Å². The zero-order valence-electron chi connectivity index (χ0n) is 9.78. The number of methoxy groups -OCH3 is 2. The van der Waals surface area contributed by atoms with Gasteiger partial charge in [-0.3, -0.25) is 0 Å². The first-order valence-electron chi connectivity index (χ1n) is 4.82. The molecule has 0 bridgehead atoms. The molecule has 0 heterocycles. The molecule has 0 saturated heterocycles. The minimum absolute atomic E-state index is 0.248. The molecule has 0 saturated carbocycles. The summed E-state index contributed by atoms with van der Waals surface area (Å²) in [5.74, 6) is 0.191. The summed E-state index contributed by atoms with van der Waals surface area (Å²) in [6.07, 6.45) is 1.56. The molecule has 0 atom stereocenters. The fourth-order valence-electron chi connectivity index (χ4n) is 1.28. The van der Waals surface area contributed by atoms with Crippen molar-refractivity contribution < 1.29 is 19.4 Å². The van der Waals surface area contributed by atoms with Gasteiger partial charge in [-0.25, -0.2) is 4.79 Å². The second kappa shape index (κ2) is 5.72. The van der Waals surface area contributed by atoms with E-state index in [-0.39, 0.29) is 5.57 Å². The van der Waals surface area contributed by atoms with E-state index in [2.05, 4.69) is 15.9 Å². The van der Waals surface area contributed by atoms with Crippen LogP contribution in [0.15, 0.2) is 22.2 Å². The molecule has 1 N–H and O–H groups in total. The standard InChI is InChI=1S/C12H13BrO4/c1-7(12(14)15)4-8-5-10(16-2)11(17-3)6-9(8)13/h4-6H,1-3H3,(H,14,15). The molecule has 5 heteroatoms. The van der Waals surface area contributed by atoms with Crippen molar-refractivity contribution in [3.05, 3.63) is 27.7 Å². The summed E-state index contributed by atoms with van der Waals surface area (Å²) < 4.78 is 11.0. The van der Waals surface area contributed by atoms with Gasteiger partial charge in [0.05, 0.1) is 14.2 Å². The molecule has 0 spiro atoms. The van der Waals surface area contributed by atoms with Crippen molar-refractivity contribution in [2.45, 2.75) is 6.92 Å². The molecule has 1 aromatic carbocycles. The Hall–Kier alpha value is -1.49. The maximum absolute atomic E-state index is 10.8. The maximum Gasteiger partial charge on any atom is 0.331 e. The fraction of sp³-hybridized carbons (Fsp3) is 0.250. The number of carbonyl (C=O) groups is 1. The molecule has 0 aliphatic rings. The summed E-state index contributed by atoms with van der Waals surface area (Å²) in [5, 5.41) is 8.82. The van der Waals surface area contributed by atoms with Gasteiger partial charge in [-0.2, -0.15) is 0 Å². The topological polar surface area (TPSA) is 55.8 Å². The second-order valence-electron chi connectivity index (χ2n) is 3.36. The molecule has 17 heavy (non-hydrogen) atoms. The SMILES string of the molecule is COc1cc(Br)c(C=C(C)C(=O)O)cc1OC. The summed E-state index contributed by atoms with van der Waals surface area (Å²) >= 11 is 3.36. The molecule has 4 nitrogen and oxygen atoms in total. The lowest BCUT2D eigenvalue weighted by Crippen LogP contribution is -1.96. The van der Waals surface area contributed by atoms with Gasteiger partial charge in [0.25, 0.3) is 0 Å². The molecule has 0 radical (unpaired) electrons. The van der Waals surface area contributed by atoms with Crippen LogP contribution in [0.25, 0.3) is 6.08 Å². The average molecular weight is 301 g/mol. The summed E-state index contributed by atoms with van der Waals surface area (Å²) in [6, 6.07) is 3.45. The smallest absolute Gasteiger partial charge is 0.331 e. The van der Waals surface area contributed by atoms with Crippen molar-refractivity contribution in [2.75, 3.05) is 14.2 Å². The Labute approximate surface area is 108 Å². The molecule has 0 aromatic heterocycles.